The van der Waals surface area contributed by atoms with Gasteiger partial charge in [0.05, 0.1) is 13.2 Å². The second kappa shape index (κ2) is 7.87. The van der Waals surface area contributed by atoms with E-state index in [1.165, 1.54) is 5.56 Å². The van der Waals surface area contributed by atoms with E-state index in [1.54, 1.807) is 7.11 Å². The van der Waals surface area contributed by atoms with Crippen LogP contribution in [-0.4, -0.2) is 54.0 Å². The van der Waals surface area contributed by atoms with Crippen molar-refractivity contribution in [3.8, 4) is 5.75 Å². The molecule has 1 amide bonds. The van der Waals surface area contributed by atoms with Gasteiger partial charge in [-0.2, -0.15) is 0 Å². The van der Waals surface area contributed by atoms with Crippen molar-refractivity contribution >= 4 is 5.91 Å². The third-order valence-electron chi connectivity index (χ3n) is 8.35. The molecule has 6 heteroatoms. The van der Waals surface area contributed by atoms with E-state index >= 15 is 0 Å². The lowest BCUT2D eigenvalue weighted by Gasteiger charge is -2.37. The van der Waals surface area contributed by atoms with Crippen LogP contribution in [0.4, 0.5) is 0 Å². The molecule has 4 aliphatic heterocycles. The van der Waals surface area contributed by atoms with Gasteiger partial charge < -0.3 is 9.64 Å². The van der Waals surface area contributed by atoms with Gasteiger partial charge in [0.2, 0.25) is 5.91 Å². The van der Waals surface area contributed by atoms with Gasteiger partial charge in [-0.25, -0.2) is 5.43 Å². The number of hydrogen-bond acceptors (Lipinski definition) is 5. The molecule has 0 radical (unpaired) electrons. The Bertz CT molecular complexity index is 998. The third-order valence-corrected chi connectivity index (χ3v) is 8.35. The van der Waals surface area contributed by atoms with E-state index in [0.29, 0.717) is 36.4 Å². The van der Waals surface area contributed by atoms with Gasteiger partial charge in [-0.3, -0.25) is 15.1 Å². The number of benzene rings is 2. The number of likely N-dealkylation sites (tertiary alicyclic amines) is 1. The summed E-state index contributed by atoms with van der Waals surface area (Å²) in [7, 11) is 1.69. The fourth-order valence-corrected chi connectivity index (χ4v) is 7.02. The summed E-state index contributed by atoms with van der Waals surface area (Å²) in [5.41, 5.74) is 9.13. The molecule has 0 aliphatic carbocycles. The van der Waals surface area contributed by atoms with Crippen LogP contribution >= 0.6 is 0 Å². The number of nitrogens with one attached hydrogen (secondary N) is 2. The summed E-state index contributed by atoms with van der Waals surface area (Å²) in [6.07, 6.45) is 3.23. The molecule has 4 fully saturated rings. The molecular weight excluding hydrogens is 400 g/mol. The molecule has 2 aromatic carbocycles. The van der Waals surface area contributed by atoms with E-state index < -0.39 is 0 Å². The lowest BCUT2D eigenvalue weighted by molar-refractivity contribution is -0.137. The van der Waals surface area contributed by atoms with E-state index in [9.17, 15) is 4.79 Å². The Balaban J connectivity index is 1.24. The highest BCUT2D eigenvalue weighted by Gasteiger charge is 2.66. The van der Waals surface area contributed by atoms with Gasteiger partial charge in [0.15, 0.2) is 0 Å². The lowest BCUT2D eigenvalue weighted by atomic mass is 9.83. The van der Waals surface area contributed by atoms with Gasteiger partial charge in [0, 0.05) is 37.5 Å². The van der Waals surface area contributed by atoms with Gasteiger partial charge >= 0.3 is 0 Å². The molecule has 6 nitrogen and oxygen atoms in total. The number of amides is 1. The number of nitrogens with zero attached hydrogens (tertiary/aromatic N) is 2. The molecule has 1 spiro atoms. The molecule has 2 N–H and O–H groups in total. The molecule has 32 heavy (non-hydrogen) atoms. The fourth-order valence-electron chi connectivity index (χ4n) is 7.02. The molecule has 4 aliphatic rings. The van der Waals surface area contributed by atoms with Crippen molar-refractivity contribution in [2.45, 2.75) is 43.4 Å². The van der Waals surface area contributed by atoms with Gasteiger partial charge in [-0.1, -0.05) is 42.5 Å². The molecule has 2 aromatic rings. The fraction of sp³-hybridized carbons (Fsp3) is 0.500. The predicted octanol–water partition coefficient (Wildman–Crippen LogP) is 2.73. The molecule has 0 aromatic heterocycles. The number of carbonyl (C=O) groups excluding carboxylic acids is 1. The topological polar surface area (TPSA) is 56.8 Å². The largest absolute Gasteiger partial charge is 0.497 e. The molecule has 2 unspecified atom stereocenters. The zero-order valence-electron chi connectivity index (χ0n) is 18.7. The van der Waals surface area contributed by atoms with Crippen molar-refractivity contribution in [1.29, 1.82) is 0 Å². The van der Waals surface area contributed by atoms with Crippen LogP contribution < -0.4 is 15.6 Å². The first kappa shape index (κ1) is 20.2. The van der Waals surface area contributed by atoms with Crippen LogP contribution in [0.1, 0.15) is 36.4 Å². The van der Waals surface area contributed by atoms with Gasteiger partial charge in [-0.05, 0) is 49.1 Å². The summed E-state index contributed by atoms with van der Waals surface area (Å²) < 4.78 is 5.38. The van der Waals surface area contributed by atoms with Gasteiger partial charge in [0.25, 0.3) is 0 Å². The smallest absolute Gasteiger partial charge is 0.243 e. The average Bonchev–Trinajstić information content (AvgIpc) is 3.58. The zero-order chi connectivity index (χ0) is 21.7. The second-order valence-electron chi connectivity index (χ2n) is 9.84. The van der Waals surface area contributed by atoms with E-state index in [-0.39, 0.29) is 5.54 Å². The van der Waals surface area contributed by atoms with Crippen LogP contribution in [0.3, 0.4) is 0 Å². The number of hydrazine groups is 1. The Morgan fingerprint density at radius 1 is 1.16 bits per heavy atom. The minimum atomic E-state index is -0.284. The Morgan fingerprint density at radius 2 is 2.03 bits per heavy atom. The Morgan fingerprint density at radius 3 is 2.88 bits per heavy atom. The first-order valence-electron chi connectivity index (χ1n) is 11.9. The van der Waals surface area contributed by atoms with Crippen LogP contribution in [0.5, 0.6) is 5.75 Å². The van der Waals surface area contributed by atoms with E-state index in [2.05, 4.69) is 63.1 Å². The van der Waals surface area contributed by atoms with Crippen molar-refractivity contribution in [1.82, 2.24) is 20.7 Å². The van der Waals surface area contributed by atoms with Crippen LogP contribution in [0, 0.1) is 11.8 Å². The Hall–Kier alpha value is -2.41. The molecule has 0 saturated carbocycles. The first-order chi connectivity index (χ1) is 15.7. The summed E-state index contributed by atoms with van der Waals surface area (Å²) in [5.74, 6) is 2.09. The first-order valence-corrected chi connectivity index (χ1v) is 11.9. The van der Waals surface area contributed by atoms with Crippen LogP contribution in [-0.2, 0) is 11.3 Å². The Kier molecular flexibility index (Phi) is 4.97. The van der Waals surface area contributed by atoms with E-state index in [4.69, 9.17) is 4.74 Å². The Labute approximate surface area is 189 Å². The molecule has 0 bridgehead atoms. The quantitative estimate of drug-likeness (QED) is 0.761. The van der Waals surface area contributed by atoms with Gasteiger partial charge in [-0.15, -0.1) is 0 Å². The highest BCUT2D eigenvalue weighted by Crippen LogP contribution is 2.54. The number of methoxy groups -OCH3 is 1. The standard InChI is InChI=1S/C26H32N4O2/c1-32-21-10-5-7-18(13-21)16-29-17-20-14-23(30-12-6-11-26(20,30)25(29)31)22-15-27-28-24(22)19-8-3-2-4-9-19/h2-5,7-10,13,20,22-24,27-28H,6,11-12,14-17H2,1H3/t20-,22?,23-,24?,26-/m0/s1. The maximum Gasteiger partial charge on any atom is 0.243 e. The minimum absolute atomic E-state index is 0.284. The lowest BCUT2D eigenvalue weighted by Crippen LogP contribution is -2.53. The number of ether oxygens (including phenoxy) is 1. The van der Waals surface area contributed by atoms with Crippen molar-refractivity contribution in [3.63, 3.8) is 0 Å². The van der Waals surface area contributed by atoms with Gasteiger partial charge in [0.1, 0.15) is 11.3 Å². The van der Waals surface area contributed by atoms with Crippen LogP contribution in [0.25, 0.3) is 0 Å². The van der Waals surface area contributed by atoms with Crippen LogP contribution in [0.2, 0.25) is 0 Å². The number of rotatable bonds is 5. The summed E-state index contributed by atoms with van der Waals surface area (Å²) >= 11 is 0. The molecule has 4 saturated heterocycles. The van der Waals surface area contributed by atoms with E-state index in [1.807, 2.05) is 12.1 Å². The molecule has 5 atom stereocenters. The van der Waals surface area contributed by atoms with Crippen molar-refractivity contribution in [3.05, 3.63) is 65.7 Å². The van der Waals surface area contributed by atoms with Crippen molar-refractivity contribution < 1.29 is 9.53 Å². The summed E-state index contributed by atoms with van der Waals surface area (Å²) in [6, 6.07) is 19.6. The molecular formula is C26H32N4O2. The number of hydrogen-bond donors (Lipinski definition) is 2. The van der Waals surface area contributed by atoms with Crippen molar-refractivity contribution in [2.24, 2.45) is 11.8 Å². The molecule has 4 heterocycles. The maximum atomic E-state index is 13.9. The van der Waals surface area contributed by atoms with Crippen molar-refractivity contribution in [2.75, 3.05) is 26.7 Å². The average molecular weight is 433 g/mol. The third kappa shape index (κ3) is 3.00. The predicted molar refractivity (Wildman–Crippen MR) is 123 cm³/mol. The molecule has 168 valence electrons. The highest BCUT2D eigenvalue weighted by molar-refractivity contribution is 5.90. The second-order valence-corrected chi connectivity index (χ2v) is 9.84. The molecule has 6 rings (SSSR count). The van der Waals surface area contributed by atoms with Crippen LogP contribution in [0.15, 0.2) is 54.6 Å². The highest BCUT2D eigenvalue weighted by atomic mass is 16.5. The monoisotopic (exact) mass is 432 g/mol. The SMILES string of the molecule is COc1cccc(CN2C[C@@H]3C[C@@H](C4CNNC4c4ccccc4)N4CCC[C@@]34C2=O)c1. The normalized spacial score (nSPS) is 34.2. The summed E-state index contributed by atoms with van der Waals surface area (Å²) in [6.45, 7) is 3.53. The number of carbonyl (C=O) groups is 1. The van der Waals surface area contributed by atoms with E-state index in [0.717, 1.165) is 50.2 Å². The zero-order valence-corrected chi connectivity index (χ0v) is 18.7. The summed E-state index contributed by atoms with van der Waals surface area (Å²) in [5, 5.41) is 0. The summed E-state index contributed by atoms with van der Waals surface area (Å²) in [4.78, 5) is 18.6. The maximum absolute atomic E-state index is 13.9. The minimum Gasteiger partial charge on any atom is -0.497 e.